The topological polar surface area (TPSA) is 159 Å². The molecule has 1 heterocycles. The predicted molar refractivity (Wildman–Crippen MR) is 160 cm³/mol. The Kier molecular flexibility index (Phi) is 12.3. The highest BCUT2D eigenvalue weighted by Gasteiger charge is 2.53. The van der Waals surface area contributed by atoms with Crippen LogP contribution in [0.4, 0.5) is 18.9 Å². The molecule has 46 heavy (non-hydrogen) atoms. The number of non-ortho nitro benzene ring substituents is 1. The van der Waals surface area contributed by atoms with E-state index in [1.54, 1.807) is 31.2 Å². The van der Waals surface area contributed by atoms with Crippen molar-refractivity contribution in [3.8, 4) is 11.5 Å². The standard InChI is InChI=1S/C31H36F3N3O9/c1-17(2)35-14-22(38)16-44-23-9-11-24(12-10-23)46-18(3)15-45-30(40)25-19(4)36-28(31(32,33)34)27(29(39)43-5)26(25)20-7-6-8-21(13-20)37(41)42/h6-13,17-18,22,26-27,35,38H,14-16H2,1-5H3. The Morgan fingerprint density at radius 1 is 1.09 bits per heavy atom. The molecule has 2 aromatic rings. The van der Waals surface area contributed by atoms with Crippen molar-refractivity contribution in [2.24, 2.45) is 10.9 Å². The number of rotatable bonds is 14. The Hall–Kier alpha value is -4.50. The van der Waals surface area contributed by atoms with Gasteiger partial charge in [0.05, 0.1) is 17.6 Å². The second-order valence-corrected chi connectivity index (χ2v) is 10.9. The van der Waals surface area contributed by atoms with E-state index in [1.807, 2.05) is 13.8 Å². The van der Waals surface area contributed by atoms with E-state index in [0.29, 0.717) is 18.0 Å². The van der Waals surface area contributed by atoms with Crippen molar-refractivity contribution in [2.45, 2.75) is 58.0 Å². The van der Waals surface area contributed by atoms with Crippen LogP contribution in [0, 0.1) is 16.0 Å². The molecule has 250 valence electrons. The van der Waals surface area contributed by atoms with Crippen molar-refractivity contribution in [2.75, 3.05) is 26.9 Å². The Morgan fingerprint density at radius 3 is 2.33 bits per heavy atom. The van der Waals surface area contributed by atoms with E-state index < -0.39 is 58.5 Å². The maximum Gasteiger partial charge on any atom is 0.430 e. The molecule has 0 spiro atoms. The SMILES string of the molecule is COC(=O)C1C(C(F)(F)F)=NC(C)=C(C(=O)OCC(C)Oc2ccc(OCC(O)CNC(C)C)cc2)C1c1cccc([N+](=O)[O-])c1. The minimum atomic E-state index is -5.08. The van der Waals surface area contributed by atoms with Gasteiger partial charge in [0.2, 0.25) is 0 Å². The summed E-state index contributed by atoms with van der Waals surface area (Å²) in [6.45, 7) is 6.77. The maximum absolute atomic E-state index is 14.1. The molecule has 3 rings (SSSR count). The number of aliphatic hydroxyl groups excluding tert-OH is 1. The van der Waals surface area contributed by atoms with Gasteiger partial charge in [-0.1, -0.05) is 26.0 Å². The fraction of sp³-hybridized carbons (Fsp3) is 0.452. The number of hydrogen-bond donors (Lipinski definition) is 2. The second-order valence-electron chi connectivity index (χ2n) is 10.9. The van der Waals surface area contributed by atoms with Crippen LogP contribution in [0.2, 0.25) is 0 Å². The van der Waals surface area contributed by atoms with Gasteiger partial charge in [-0.3, -0.25) is 19.9 Å². The number of nitrogens with zero attached hydrogens (tertiary/aromatic N) is 2. The molecule has 15 heteroatoms. The quantitative estimate of drug-likeness (QED) is 0.169. The third-order valence-corrected chi connectivity index (χ3v) is 6.84. The number of aliphatic imine (C=N–C) groups is 1. The molecule has 0 amide bonds. The summed E-state index contributed by atoms with van der Waals surface area (Å²) < 4.78 is 63.7. The van der Waals surface area contributed by atoms with Crippen molar-refractivity contribution in [3.05, 3.63) is 75.5 Å². The summed E-state index contributed by atoms with van der Waals surface area (Å²) in [5.74, 6) is -5.34. The van der Waals surface area contributed by atoms with E-state index in [-0.39, 0.29) is 36.1 Å². The minimum absolute atomic E-state index is 0.0736. The number of nitrogens with one attached hydrogen (secondary N) is 1. The van der Waals surface area contributed by atoms with Crippen molar-refractivity contribution in [3.63, 3.8) is 0 Å². The van der Waals surface area contributed by atoms with E-state index in [4.69, 9.17) is 14.2 Å². The monoisotopic (exact) mass is 651 g/mol. The van der Waals surface area contributed by atoms with Crippen LogP contribution in [0.25, 0.3) is 0 Å². The van der Waals surface area contributed by atoms with Crippen molar-refractivity contribution in [1.29, 1.82) is 0 Å². The lowest BCUT2D eigenvalue weighted by Gasteiger charge is -2.33. The lowest BCUT2D eigenvalue weighted by Crippen LogP contribution is -2.44. The van der Waals surface area contributed by atoms with Crippen LogP contribution in [0.3, 0.4) is 0 Å². The van der Waals surface area contributed by atoms with E-state index in [9.17, 15) is 38.0 Å². The van der Waals surface area contributed by atoms with Crippen LogP contribution < -0.4 is 14.8 Å². The number of ether oxygens (including phenoxy) is 4. The van der Waals surface area contributed by atoms with Gasteiger partial charge in [-0.05, 0) is 43.7 Å². The summed E-state index contributed by atoms with van der Waals surface area (Å²) in [5, 5.41) is 24.5. The summed E-state index contributed by atoms with van der Waals surface area (Å²) in [7, 11) is 0.885. The van der Waals surface area contributed by atoms with Crippen LogP contribution in [0.5, 0.6) is 11.5 Å². The van der Waals surface area contributed by atoms with Gasteiger partial charge >= 0.3 is 18.1 Å². The molecule has 1 aliphatic heterocycles. The third kappa shape index (κ3) is 9.50. The Morgan fingerprint density at radius 2 is 1.74 bits per heavy atom. The summed E-state index contributed by atoms with van der Waals surface area (Å²) in [6.07, 6.45) is -6.52. The summed E-state index contributed by atoms with van der Waals surface area (Å²) in [5.41, 5.74) is -2.83. The molecule has 2 N–H and O–H groups in total. The van der Waals surface area contributed by atoms with E-state index in [2.05, 4.69) is 15.0 Å². The normalized spacial score (nSPS) is 18.0. The number of methoxy groups -OCH3 is 1. The van der Waals surface area contributed by atoms with Gasteiger partial charge in [0.25, 0.3) is 5.69 Å². The van der Waals surface area contributed by atoms with E-state index in [1.165, 1.54) is 12.1 Å². The first-order valence-electron chi connectivity index (χ1n) is 14.3. The van der Waals surface area contributed by atoms with Gasteiger partial charge < -0.3 is 29.4 Å². The number of hydrogen-bond acceptors (Lipinski definition) is 11. The van der Waals surface area contributed by atoms with Crippen molar-refractivity contribution in [1.82, 2.24) is 5.32 Å². The number of halogens is 3. The number of esters is 2. The summed E-state index contributed by atoms with van der Waals surface area (Å²) in [4.78, 5) is 40.4. The van der Waals surface area contributed by atoms with Crippen LogP contribution in [-0.4, -0.2) is 79.0 Å². The lowest BCUT2D eigenvalue weighted by atomic mass is 9.75. The van der Waals surface area contributed by atoms with E-state index >= 15 is 0 Å². The van der Waals surface area contributed by atoms with Gasteiger partial charge in [0, 0.05) is 36.3 Å². The molecule has 2 aromatic carbocycles. The molecule has 0 saturated carbocycles. The van der Waals surface area contributed by atoms with Crippen LogP contribution in [0.15, 0.2) is 64.8 Å². The molecule has 1 aliphatic rings. The van der Waals surface area contributed by atoms with Gasteiger partial charge in [0.15, 0.2) is 0 Å². The number of benzene rings is 2. The highest BCUT2D eigenvalue weighted by molar-refractivity contribution is 6.10. The fourth-order valence-corrected chi connectivity index (χ4v) is 4.71. The smallest absolute Gasteiger partial charge is 0.430 e. The summed E-state index contributed by atoms with van der Waals surface area (Å²) >= 11 is 0. The molecule has 0 radical (unpaired) electrons. The first kappa shape index (κ1) is 36.0. The Balaban J connectivity index is 1.78. The number of aliphatic hydroxyl groups is 1. The molecule has 0 aliphatic carbocycles. The average molecular weight is 652 g/mol. The van der Waals surface area contributed by atoms with Crippen molar-refractivity contribution < 1.29 is 51.7 Å². The molecule has 4 unspecified atom stereocenters. The number of alkyl halides is 3. The zero-order valence-corrected chi connectivity index (χ0v) is 25.9. The van der Waals surface area contributed by atoms with E-state index in [0.717, 1.165) is 26.2 Å². The molecule has 0 fully saturated rings. The first-order chi connectivity index (χ1) is 21.6. The lowest BCUT2D eigenvalue weighted by molar-refractivity contribution is -0.384. The Labute approximate surface area is 263 Å². The second kappa shape index (κ2) is 15.7. The Bertz CT molecular complexity index is 1460. The first-order valence-corrected chi connectivity index (χ1v) is 14.3. The molecule has 4 atom stereocenters. The molecular weight excluding hydrogens is 615 g/mol. The molecule has 0 aromatic heterocycles. The van der Waals surface area contributed by atoms with Crippen molar-refractivity contribution >= 4 is 23.3 Å². The highest BCUT2D eigenvalue weighted by Crippen LogP contribution is 2.44. The van der Waals surface area contributed by atoms with Crippen LogP contribution in [-0.2, 0) is 19.1 Å². The number of allylic oxidation sites excluding steroid dienone is 1. The van der Waals surface area contributed by atoms with Gasteiger partial charge in [-0.15, -0.1) is 0 Å². The highest BCUT2D eigenvalue weighted by atomic mass is 19.4. The number of nitro groups is 1. The zero-order valence-electron chi connectivity index (χ0n) is 25.9. The van der Waals surface area contributed by atoms with Gasteiger partial charge in [-0.25, -0.2) is 4.79 Å². The van der Waals surface area contributed by atoms with Crippen LogP contribution >= 0.6 is 0 Å². The zero-order chi connectivity index (χ0) is 34.2. The van der Waals surface area contributed by atoms with Crippen LogP contribution in [0.1, 0.15) is 39.2 Å². The maximum atomic E-state index is 14.1. The number of carbonyl (C=O) groups is 2. The number of nitro benzene ring substituents is 1. The van der Waals surface area contributed by atoms with Gasteiger partial charge in [0.1, 0.15) is 48.6 Å². The third-order valence-electron chi connectivity index (χ3n) is 6.84. The predicted octanol–water partition coefficient (Wildman–Crippen LogP) is 4.51. The minimum Gasteiger partial charge on any atom is -0.491 e. The number of carbonyl (C=O) groups excluding carboxylic acids is 2. The summed E-state index contributed by atoms with van der Waals surface area (Å²) in [6, 6.07) is 11.3. The molecule has 0 bridgehead atoms. The average Bonchev–Trinajstić information content (AvgIpc) is 3.00. The molecule has 12 nitrogen and oxygen atoms in total. The fourth-order valence-electron chi connectivity index (χ4n) is 4.71. The molecular formula is C31H36F3N3O9. The van der Waals surface area contributed by atoms with Gasteiger partial charge in [-0.2, -0.15) is 13.2 Å². The molecule has 0 saturated heterocycles. The largest absolute Gasteiger partial charge is 0.491 e.